The Balaban J connectivity index is 2.14. The lowest BCUT2D eigenvalue weighted by molar-refractivity contribution is -0.123. The number of nitrogens with zero attached hydrogens (tertiary/aromatic N) is 2. The number of thiocarbonyl (C=S) groups is 1. The van der Waals surface area contributed by atoms with Gasteiger partial charge in [-0.3, -0.25) is 14.5 Å². The first-order valence-corrected chi connectivity index (χ1v) is 8.94. The lowest BCUT2D eigenvalue weighted by Gasteiger charge is -2.21. The normalized spacial score (nSPS) is 22.1. The number of fused-ring (bicyclic) bond motifs is 1. The maximum Gasteiger partial charge on any atom is 0.267 e. The highest BCUT2D eigenvalue weighted by Gasteiger charge is 2.42. The van der Waals surface area contributed by atoms with Gasteiger partial charge in [0.1, 0.15) is 4.32 Å². The molecule has 1 saturated heterocycles. The van der Waals surface area contributed by atoms with Gasteiger partial charge in [-0.05, 0) is 26.3 Å². The van der Waals surface area contributed by atoms with Gasteiger partial charge >= 0.3 is 0 Å². The van der Waals surface area contributed by atoms with Crippen LogP contribution in [0, 0.1) is 0 Å². The van der Waals surface area contributed by atoms with Crippen molar-refractivity contribution in [3.05, 3.63) is 34.7 Å². The van der Waals surface area contributed by atoms with E-state index in [0.29, 0.717) is 21.3 Å². The van der Waals surface area contributed by atoms with E-state index in [2.05, 4.69) is 0 Å². The van der Waals surface area contributed by atoms with E-state index < -0.39 is 0 Å². The van der Waals surface area contributed by atoms with Crippen molar-refractivity contribution in [3.63, 3.8) is 0 Å². The molecular weight excluding hydrogens is 328 g/mol. The summed E-state index contributed by atoms with van der Waals surface area (Å²) in [5.41, 5.74) is 2.18. The van der Waals surface area contributed by atoms with Gasteiger partial charge in [0.05, 0.1) is 16.2 Å². The van der Waals surface area contributed by atoms with Crippen LogP contribution in [0.25, 0.3) is 5.57 Å². The van der Waals surface area contributed by atoms with E-state index in [0.717, 1.165) is 17.7 Å². The number of likely N-dealkylation sites (N-methyl/N-ethyl adjacent to an activating group) is 1. The van der Waals surface area contributed by atoms with Crippen LogP contribution in [-0.4, -0.2) is 33.6 Å². The third kappa shape index (κ3) is 2.40. The summed E-state index contributed by atoms with van der Waals surface area (Å²) in [5.74, 6) is -0.260. The molecule has 3 rings (SSSR count). The molecule has 2 aliphatic heterocycles. The maximum absolute atomic E-state index is 12.8. The largest absolute Gasteiger partial charge is 0.308 e. The number of amides is 2. The van der Waals surface area contributed by atoms with Crippen LogP contribution in [0.4, 0.5) is 5.69 Å². The second-order valence-electron chi connectivity index (χ2n) is 5.57. The summed E-state index contributed by atoms with van der Waals surface area (Å²) in [5, 5.41) is 0. The zero-order valence-electron chi connectivity index (χ0n) is 13.3. The molecule has 0 spiro atoms. The van der Waals surface area contributed by atoms with Crippen LogP contribution in [0.15, 0.2) is 29.2 Å². The van der Waals surface area contributed by atoms with Gasteiger partial charge in [0.25, 0.3) is 11.8 Å². The minimum Gasteiger partial charge on any atom is -0.308 e. The highest BCUT2D eigenvalue weighted by molar-refractivity contribution is 8.26. The number of carbonyl (C=O) groups is 2. The van der Waals surface area contributed by atoms with E-state index in [9.17, 15) is 9.59 Å². The zero-order valence-corrected chi connectivity index (χ0v) is 15.0. The SMILES string of the molecule is CC[C@H](C)N1C(=O)/C(=C2/C(=O)N(CC)c3ccccc32)SC1=S. The molecule has 2 heterocycles. The first kappa shape index (κ1) is 16.2. The Kier molecular flexibility index (Phi) is 4.29. The molecular formula is C17H18N2O2S2. The van der Waals surface area contributed by atoms with Gasteiger partial charge in [0.15, 0.2) is 0 Å². The zero-order chi connectivity index (χ0) is 16.7. The number of hydrogen-bond donors (Lipinski definition) is 0. The number of hydrogen-bond acceptors (Lipinski definition) is 4. The summed E-state index contributed by atoms with van der Waals surface area (Å²) in [6, 6.07) is 7.64. The number of rotatable bonds is 3. The van der Waals surface area contributed by atoms with Gasteiger partial charge in [-0.1, -0.05) is 49.1 Å². The van der Waals surface area contributed by atoms with E-state index in [1.807, 2.05) is 45.0 Å². The van der Waals surface area contributed by atoms with Gasteiger partial charge in [-0.15, -0.1) is 0 Å². The first-order valence-electron chi connectivity index (χ1n) is 7.72. The fourth-order valence-corrected chi connectivity index (χ4v) is 4.44. The fourth-order valence-electron chi connectivity index (χ4n) is 2.91. The van der Waals surface area contributed by atoms with Crippen LogP contribution in [0.3, 0.4) is 0 Å². The summed E-state index contributed by atoms with van der Waals surface area (Å²) in [6.07, 6.45) is 0.820. The minimum atomic E-state index is -0.148. The number of carbonyl (C=O) groups excluding carboxylic acids is 2. The molecule has 0 aromatic heterocycles. The number of thioether (sulfide) groups is 1. The molecule has 0 radical (unpaired) electrons. The Bertz CT molecular complexity index is 742. The molecule has 1 fully saturated rings. The van der Waals surface area contributed by atoms with Crippen LogP contribution >= 0.6 is 24.0 Å². The molecule has 1 aromatic rings. The molecule has 2 aliphatic rings. The molecule has 2 amide bonds. The third-order valence-electron chi connectivity index (χ3n) is 4.30. The number of benzene rings is 1. The van der Waals surface area contributed by atoms with Gasteiger partial charge in [-0.2, -0.15) is 0 Å². The summed E-state index contributed by atoms with van der Waals surface area (Å²) in [7, 11) is 0. The molecule has 23 heavy (non-hydrogen) atoms. The maximum atomic E-state index is 12.8. The molecule has 4 nitrogen and oxygen atoms in total. The van der Waals surface area contributed by atoms with Crippen molar-refractivity contribution >= 4 is 51.4 Å². The predicted molar refractivity (Wildman–Crippen MR) is 98.2 cm³/mol. The fraction of sp³-hybridized carbons (Fsp3) is 0.353. The predicted octanol–water partition coefficient (Wildman–Crippen LogP) is 3.42. The van der Waals surface area contributed by atoms with Crippen LogP contribution in [-0.2, 0) is 9.59 Å². The van der Waals surface area contributed by atoms with Crippen molar-refractivity contribution in [2.24, 2.45) is 0 Å². The molecule has 1 aromatic carbocycles. The molecule has 0 saturated carbocycles. The monoisotopic (exact) mass is 346 g/mol. The van der Waals surface area contributed by atoms with Gasteiger partial charge in [0.2, 0.25) is 0 Å². The van der Waals surface area contributed by atoms with Crippen molar-refractivity contribution in [3.8, 4) is 0 Å². The Morgan fingerprint density at radius 2 is 1.87 bits per heavy atom. The van der Waals surface area contributed by atoms with Crippen molar-refractivity contribution in [1.82, 2.24) is 4.90 Å². The highest BCUT2D eigenvalue weighted by Crippen LogP contribution is 2.44. The smallest absolute Gasteiger partial charge is 0.267 e. The third-order valence-corrected chi connectivity index (χ3v) is 5.70. The van der Waals surface area contributed by atoms with Gasteiger partial charge in [0, 0.05) is 18.2 Å². The summed E-state index contributed by atoms with van der Waals surface area (Å²) in [6.45, 7) is 6.50. The topological polar surface area (TPSA) is 40.6 Å². The number of para-hydroxylation sites is 1. The Hall–Kier alpha value is -1.66. The molecule has 1 atom stereocenters. The van der Waals surface area contributed by atoms with Crippen molar-refractivity contribution in [1.29, 1.82) is 0 Å². The summed E-state index contributed by atoms with van der Waals surface area (Å²) in [4.78, 5) is 29.5. The van der Waals surface area contributed by atoms with Crippen LogP contribution in [0.2, 0.25) is 0 Å². The van der Waals surface area contributed by atoms with Crippen molar-refractivity contribution < 1.29 is 9.59 Å². The van der Waals surface area contributed by atoms with Crippen LogP contribution < -0.4 is 4.90 Å². The Morgan fingerprint density at radius 1 is 1.17 bits per heavy atom. The highest BCUT2D eigenvalue weighted by atomic mass is 32.2. The Morgan fingerprint density at radius 3 is 2.52 bits per heavy atom. The molecule has 0 bridgehead atoms. The van der Waals surface area contributed by atoms with E-state index in [1.54, 1.807) is 9.80 Å². The average molecular weight is 346 g/mol. The quantitative estimate of drug-likeness (QED) is 0.621. The standard InChI is InChI=1S/C17H18N2O2S2/c1-4-10(3)19-16(21)14(23-17(19)22)13-11-8-6-7-9-12(11)18(5-2)15(13)20/h6-10H,4-5H2,1-3H3/b14-13-/t10-/m0/s1. The molecule has 6 heteroatoms. The van der Waals surface area contributed by atoms with E-state index in [-0.39, 0.29) is 17.9 Å². The first-order chi connectivity index (χ1) is 11.0. The molecule has 0 N–H and O–H groups in total. The minimum absolute atomic E-state index is 0.0367. The number of anilines is 1. The van der Waals surface area contributed by atoms with Crippen LogP contribution in [0.1, 0.15) is 32.8 Å². The van der Waals surface area contributed by atoms with E-state index >= 15 is 0 Å². The average Bonchev–Trinajstić information content (AvgIpc) is 2.99. The lowest BCUT2D eigenvalue weighted by atomic mass is 10.1. The molecule has 0 unspecified atom stereocenters. The van der Waals surface area contributed by atoms with Crippen LogP contribution in [0.5, 0.6) is 0 Å². The van der Waals surface area contributed by atoms with Crippen molar-refractivity contribution in [2.45, 2.75) is 33.2 Å². The van der Waals surface area contributed by atoms with Gasteiger partial charge < -0.3 is 4.90 Å². The Labute approximate surface area is 145 Å². The summed E-state index contributed by atoms with van der Waals surface area (Å²) >= 11 is 6.62. The second-order valence-corrected chi connectivity index (χ2v) is 7.22. The van der Waals surface area contributed by atoms with E-state index in [1.165, 1.54) is 11.8 Å². The van der Waals surface area contributed by atoms with E-state index in [4.69, 9.17) is 12.2 Å². The van der Waals surface area contributed by atoms with Crippen molar-refractivity contribution in [2.75, 3.05) is 11.4 Å². The lowest BCUT2D eigenvalue weighted by Crippen LogP contribution is -2.36. The second kappa shape index (κ2) is 6.09. The molecule has 120 valence electrons. The molecule has 0 aliphatic carbocycles. The summed E-state index contributed by atoms with van der Waals surface area (Å²) < 4.78 is 0.534. The van der Waals surface area contributed by atoms with Gasteiger partial charge in [-0.25, -0.2) is 0 Å².